The molecule has 1 aromatic heterocycles. The highest BCUT2D eigenvalue weighted by atomic mass is 16.6. The van der Waals surface area contributed by atoms with Crippen molar-refractivity contribution in [1.29, 1.82) is 0 Å². The maximum Gasteiger partial charge on any atom is 0.410 e. The molecule has 0 aliphatic carbocycles. The summed E-state index contributed by atoms with van der Waals surface area (Å²) in [5, 5.41) is 3.26. The Labute approximate surface area is 165 Å². The lowest BCUT2D eigenvalue weighted by Crippen LogP contribution is -2.50. The molecule has 0 radical (unpaired) electrons. The van der Waals surface area contributed by atoms with Gasteiger partial charge in [0.25, 0.3) is 0 Å². The van der Waals surface area contributed by atoms with E-state index >= 15 is 0 Å². The average molecular weight is 379 g/mol. The Kier molecular flexibility index (Phi) is 5.69. The van der Waals surface area contributed by atoms with E-state index in [9.17, 15) is 4.79 Å². The van der Waals surface area contributed by atoms with Crippen LogP contribution in [0.5, 0.6) is 0 Å². The van der Waals surface area contributed by atoms with Crippen LogP contribution in [-0.4, -0.2) is 52.7 Å². The molecule has 146 valence electrons. The first-order valence-electron chi connectivity index (χ1n) is 9.24. The third-order valence-corrected chi connectivity index (χ3v) is 4.18. The van der Waals surface area contributed by atoms with Gasteiger partial charge in [-0.15, -0.1) is 6.42 Å². The number of hydrogen-bond donors (Lipinski definition) is 1. The van der Waals surface area contributed by atoms with E-state index in [2.05, 4.69) is 26.1 Å². The molecule has 1 aliphatic heterocycles. The maximum atomic E-state index is 12.2. The van der Waals surface area contributed by atoms with E-state index in [1.165, 1.54) is 0 Å². The number of carbonyl (C=O) groups is 1. The number of terminal acetylenes is 1. The van der Waals surface area contributed by atoms with Crippen molar-refractivity contribution in [2.75, 3.05) is 36.4 Å². The highest BCUT2D eigenvalue weighted by molar-refractivity contribution is 5.68. The van der Waals surface area contributed by atoms with Crippen molar-refractivity contribution in [2.45, 2.75) is 26.4 Å². The van der Waals surface area contributed by atoms with Gasteiger partial charge >= 0.3 is 6.09 Å². The predicted octanol–water partition coefficient (Wildman–Crippen LogP) is 3.26. The summed E-state index contributed by atoms with van der Waals surface area (Å²) in [6, 6.07) is 9.39. The molecular weight excluding hydrogens is 354 g/mol. The third kappa shape index (κ3) is 5.13. The molecule has 1 aliphatic rings. The number of nitrogens with one attached hydrogen (secondary N) is 1. The van der Waals surface area contributed by atoms with Crippen molar-refractivity contribution < 1.29 is 9.53 Å². The smallest absolute Gasteiger partial charge is 0.410 e. The molecule has 2 aromatic rings. The minimum atomic E-state index is -0.490. The third-order valence-electron chi connectivity index (χ3n) is 4.18. The van der Waals surface area contributed by atoms with Crippen molar-refractivity contribution in [3.63, 3.8) is 0 Å². The molecule has 3 rings (SSSR count). The van der Waals surface area contributed by atoms with Crippen LogP contribution < -0.4 is 10.2 Å². The second kappa shape index (κ2) is 8.17. The Balaban J connectivity index is 1.60. The van der Waals surface area contributed by atoms with Gasteiger partial charge in [0.1, 0.15) is 11.4 Å². The molecule has 1 N–H and O–H groups in total. The zero-order valence-electron chi connectivity index (χ0n) is 16.5. The fourth-order valence-corrected chi connectivity index (χ4v) is 2.78. The lowest BCUT2D eigenvalue weighted by Gasteiger charge is -2.35. The summed E-state index contributed by atoms with van der Waals surface area (Å²) in [6.45, 7) is 8.06. The van der Waals surface area contributed by atoms with Crippen LogP contribution in [0.1, 0.15) is 26.3 Å². The van der Waals surface area contributed by atoms with Crippen LogP contribution in [0.3, 0.4) is 0 Å². The number of benzene rings is 1. The van der Waals surface area contributed by atoms with Crippen LogP contribution in [0, 0.1) is 12.3 Å². The van der Waals surface area contributed by atoms with Crippen LogP contribution in [0.4, 0.5) is 22.2 Å². The molecule has 1 aromatic carbocycles. The first-order valence-corrected chi connectivity index (χ1v) is 9.24. The standard InChI is InChI=1S/C21H25N5O2/c1-5-16-6-8-17(9-7-16)23-18-10-11-22-19(24-18)25-12-14-26(15-13-25)20(27)28-21(2,3)4/h1,6-11H,12-15H2,2-4H3,(H,22,23,24). The Morgan fingerprint density at radius 3 is 2.43 bits per heavy atom. The molecule has 2 heterocycles. The van der Waals surface area contributed by atoms with Crippen molar-refractivity contribution in [2.24, 2.45) is 0 Å². The normalized spacial score (nSPS) is 14.4. The fraction of sp³-hybridized carbons (Fsp3) is 0.381. The average Bonchev–Trinajstić information content (AvgIpc) is 2.68. The first kappa shape index (κ1) is 19.5. The van der Waals surface area contributed by atoms with Gasteiger partial charge in [0, 0.05) is 43.6 Å². The van der Waals surface area contributed by atoms with E-state index in [0.29, 0.717) is 37.9 Å². The molecular formula is C21H25N5O2. The summed E-state index contributed by atoms with van der Waals surface area (Å²) in [7, 11) is 0. The van der Waals surface area contributed by atoms with Crippen molar-refractivity contribution >= 4 is 23.5 Å². The van der Waals surface area contributed by atoms with Gasteiger partial charge in [-0.2, -0.15) is 4.98 Å². The van der Waals surface area contributed by atoms with E-state index < -0.39 is 5.60 Å². The second-order valence-electron chi connectivity index (χ2n) is 7.54. The summed E-state index contributed by atoms with van der Waals surface area (Å²) in [6.07, 6.45) is 6.83. The number of anilines is 3. The van der Waals surface area contributed by atoms with Gasteiger partial charge in [-0.05, 0) is 51.1 Å². The van der Waals surface area contributed by atoms with Gasteiger partial charge in [-0.1, -0.05) is 5.92 Å². The molecule has 1 saturated heterocycles. The van der Waals surface area contributed by atoms with Crippen LogP contribution in [0.25, 0.3) is 0 Å². The summed E-state index contributed by atoms with van der Waals surface area (Å²) in [5.41, 5.74) is 1.24. The number of hydrogen-bond acceptors (Lipinski definition) is 6. The van der Waals surface area contributed by atoms with Gasteiger partial charge in [-0.25, -0.2) is 9.78 Å². The van der Waals surface area contributed by atoms with Crippen molar-refractivity contribution in [1.82, 2.24) is 14.9 Å². The summed E-state index contributed by atoms with van der Waals surface area (Å²) in [4.78, 5) is 24.9. The highest BCUT2D eigenvalue weighted by Gasteiger charge is 2.26. The molecule has 0 bridgehead atoms. The van der Waals surface area contributed by atoms with Crippen molar-refractivity contribution in [3.05, 3.63) is 42.1 Å². The Bertz CT molecular complexity index is 860. The quantitative estimate of drug-likeness (QED) is 0.826. The van der Waals surface area contributed by atoms with Crippen LogP contribution in [-0.2, 0) is 4.74 Å². The summed E-state index contributed by atoms with van der Waals surface area (Å²) in [5.74, 6) is 3.93. The molecule has 1 fully saturated rings. The summed E-state index contributed by atoms with van der Waals surface area (Å²) >= 11 is 0. The number of rotatable bonds is 3. The van der Waals surface area contributed by atoms with Crippen LogP contribution in [0.2, 0.25) is 0 Å². The maximum absolute atomic E-state index is 12.2. The lowest BCUT2D eigenvalue weighted by molar-refractivity contribution is 0.0240. The number of aromatic nitrogens is 2. The number of piperazine rings is 1. The monoisotopic (exact) mass is 379 g/mol. The first-order chi connectivity index (χ1) is 13.3. The number of carbonyl (C=O) groups excluding carboxylic acids is 1. The number of amides is 1. The van der Waals surface area contributed by atoms with E-state index in [1.807, 2.05) is 51.1 Å². The largest absolute Gasteiger partial charge is 0.444 e. The lowest BCUT2D eigenvalue weighted by atomic mass is 10.2. The van der Waals surface area contributed by atoms with Crippen LogP contribution in [0.15, 0.2) is 36.5 Å². The predicted molar refractivity (Wildman–Crippen MR) is 110 cm³/mol. The van der Waals surface area contributed by atoms with Gasteiger partial charge < -0.3 is 19.9 Å². The SMILES string of the molecule is C#Cc1ccc(Nc2ccnc(N3CCN(C(=O)OC(C)(C)C)CC3)n2)cc1. The van der Waals surface area contributed by atoms with E-state index in [1.54, 1.807) is 11.1 Å². The molecule has 0 spiro atoms. The zero-order chi connectivity index (χ0) is 20.1. The molecule has 0 saturated carbocycles. The van der Waals surface area contributed by atoms with Crippen molar-refractivity contribution in [3.8, 4) is 12.3 Å². The Morgan fingerprint density at radius 1 is 1.14 bits per heavy atom. The number of ether oxygens (including phenoxy) is 1. The molecule has 0 unspecified atom stereocenters. The van der Waals surface area contributed by atoms with Gasteiger partial charge in [0.05, 0.1) is 0 Å². The zero-order valence-corrected chi connectivity index (χ0v) is 16.5. The van der Waals surface area contributed by atoms with E-state index in [4.69, 9.17) is 11.2 Å². The minimum Gasteiger partial charge on any atom is -0.444 e. The Hall–Kier alpha value is -3.27. The van der Waals surface area contributed by atoms with E-state index in [-0.39, 0.29) is 6.09 Å². The molecule has 7 heteroatoms. The van der Waals surface area contributed by atoms with Gasteiger partial charge in [0.15, 0.2) is 0 Å². The minimum absolute atomic E-state index is 0.279. The van der Waals surface area contributed by atoms with Gasteiger partial charge in [-0.3, -0.25) is 0 Å². The second-order valence-corrected chi connectivity index (χ2v) is 7.54. The molecule has 28 heavy (non-hydrogen) atoms. The molecule has 0 atom stereocenters. The molecule has 1 amide bonds. The van der Waals surface area contributed by atoms with Gasteiger partial charge in [0.2, 0.25) is 5.95 Å². The summed E-state index contributed by atoms with van der Waals surface area (Å²) < 4.78 is 5.44. The highest BCUT2D eigenvalue weighted by Crippen LogP contribution is 2.19. The molecule has 7 nitrogen and oxygen atoms in total. The Morgan fingerprint density at radius 2 is 1.82 bits per heavy atom. The van der Waals surface area contributed by atoms with Crippen LogP contribution >= 0.6 is 0 Å². The number of nitrogens with zero attached hydrogens (tertiary/aromatic N) is 4. The van der Waals surface area contributed by atoms with E-state index in [0.717, 1.165) is 11.3 Å². The fourth-order valence-electron chi connectivity index (χ4n) is 2.78. The topological polar surface area (TPSA) is 70.6 Å².